The molecule has 0 spiro atoms. The van der Waals surface area contributed by atoms with E-state index in [1.165, 1.54) is 0 Å². The van der Waals surface area contributed by atoms with Crippen LogP contribution in [0.25, 0.3) is 0 Å². The van der Waals surface area contributed by atoms with Gasteiger partial charge in [-0.15, -0.1) is 0 Å². The molecular weight excluding hydrogens is 497 g/mol. The highest BCUT2D eigenvalue weighted by molar-refractivity contribution is 7.47. The summed E-state index contributed by atoms with van der Waals surface area (Å²) in [6.07, 6.45) is 23.4. The number of amides is 1. The van der Waals surface area contributed by atoms with Crippen molar-refractivity contribution in [3.8, 4) is 0 Å². The number of rotatable bonds is 23. The molecule has 1 amide bonds. The number of esters is 1. The van der Waals surface area contributed by atoms with Gasteiger partial charge in [0.15, 0.2) is 0 Å². The van der Waals surface area contributed by atoms with Crippen molar-refractivity contribution in [1.82, 2.24) is 5.32 Å². The summed E-state index contributed by atoms with van der Waals surface area (Å²) >= 11 is 0. The maximum atomic E-state index is 11.8. The minimum Gasteiger partial charge on any atom is -0.463 e. The van der Waals surface area contributed by atoms with Crippen LogP contribution in [-0.2, 0) is 27.9 Å². The highest BCUT2D eigenvalue weighted by Crippen LogP contribution is 2.42. The van der Waals surface area contributed by atoms with Gasteiger partial charge in [0.25, 0.3) is 0 Å². The predicted molar refractivity (Wildman–Crippen MR) is 146 cm³/mol. The molecule has 0 aliphatic carbocycles. The first kappa shape index (κ1) is 35.0. The van der Waals surface area contributed by atoms with Crippen molar-refractivity contribution in [2.24, 2.45) is 0 Å². The van der Waals surface area contributed by atoms with Crippen LogP contribution in [0.1, 0.15) is 78.1 Å². The predicted octanol–water partition coefficient (Wildman–Crippen LogP) is 5.31. The largest absolute Gasteiger partial charge is 0.472 e. The summed E-state index contributed by atoms with van der Waals surface area (Å²) in [4.78, 5) is 32.7. The second kappa shape index (κ2) is 24.3. The summed E-state index contributed by atoms with van der Waals surface area (Å²) in [5, 5.41) is 12.3. The Hall–Kier alpha value is -2.03. The minimum absolute atomic E-state index is 0.0647. The maximum absolute atomic E-state index is 11.8. The Labute approximate surface area is 222 Å². The highest BCUT2D eigenvalue weighted by Gasteiger charge is 2.23. The summed E-state index contributed by atoms with van der Waals surface area (Å²) < 4.78 is 26.1. The topological polar surface area (TPSA) is 131 Å². The number of carbonyl (C=O) groups excluding carboxylic acids is 2. The minimum atomic E-state index is -4.38. The molecule has 0 saturated heterocycles. The van der Waals surface area contributed by atoms with E-state index >= 15 is 0 Å². The molecule has 0 saturated carbocycles. The molecule has 2 unspecified atom stereocenters. The van der Waals surface area contributed by atoms with E-state index in [9.17, 15) is 24.2 Å². The molecule has 0 aliphatic heterocycles. The van der Waals surface area contributed by atoms with Crippen LogP contribution in [0.15, 0.2) is 48.6 Å². The zero-order valence-corrected chi connectivity index (χ0v) is 23.3. The van der Waals surface area contributed by atoms with Crippen molar-refractivity contribution in [3.05, 3.63) is 48.6 Å². The zero-order valence-electron chi connectivity index (χ0n) is 22.4. The number of ether oxygens (including phenoxy) is 1. The van der Waals surface area contributed by atoms with Crippen LogP contribution in [-0.4, -0.2) is 54.3 Å². The Morgan fingerprint density at radius 3 is 2.11 bits per heavy atom. The van der Waals surface area contributed by atoms with Gasteiger partial charge in [-0.25, -0.2) is 4.57 Å². The molecule has 0 aromatic carbocycles. The van der Waals surface area contributed by atoms with Gasteiger partial charge >= 0.3 is 13.8 Å². The smallest absolute Gasteiger partial charge is 0.463 e. The van der Waals surface area contributed by atoms with Crippen molar-refractivity contribution in [2.45, 2.75) is 84.2 Å². The van der Waals surface area contributed by atoms with Gasteiger partial charge in [-0.2, -0.15) is 0 Å². The summed E-state index contributed by atoms with van der Waals surface area (Å²) in [6, 6.07) is 0. The summed E-state index contributed by atoms with van der Waals surface area (Å²) in [7, 11) is -4.38. The average Bonchev–Trinajstić information content (AvgIpc) is 2.86. The first-order valence-corrected chi connectivity index (χ1v) is 14.6. The van der Waals surface area contributed by atoms with E-state index in [4.69, 9.17) is 9.26 Å². The number of unbranched alkanes of at least 4 members (excludes halogenated alkanes) is 2. The zero-order chi connectivity index (χ0) is 27.6. The van der Waals surface area contributed by atoms with Crippen molar-refractivity contribution < 1.29 is 37.9 Å². The van der Waals surface area contributed by atoms with Gasteiger partial charge in [-0.1, -0.05) is 62.5 Å². The third kappa shape index (κ3) is 25.4. The Balaban J connectivity index is 3.75. The summed E-state index contributed by atoms with van der Waals surface area (Å²) in [5.41, 5.74) is 0. The van der Waals surface area contributed by atoms with Gasteiger partial charge < -0.3 is 20.1 Å². The first-order valence-electron chi connectivity index (χ1n) is 13.1. The second-order valence-corrected chi connectivity index (χ2v) is 9.73. The van der Waals surface area contributed by atoms with E-state index in [1.807, 2.05) is 6.92 Å². The van der Waals surface area contributed by atoms with E-state index in [2.05, 4.69) is 65.4 Å². The van der Waals surface area contributed by atoms with Crippen molar-refractivity contribution in [3.63, 3.8) is 0 Å². The van der Waals surface area contributed by atoms with Gasteiger partial charge in [-0.05, 0) is 51.4 Å². The fourth-order valence-electron chi connectivity index (χ4n) is 2.82. The van der Waals surface area contributed by atoms with Crippen LogP contribution in [0.3, 0.4) is 0 Å². The number of hydrogen-bond donors (Lipinski definition) is 3. The number of aliphatic hydroxyl groups is 1. The molecule has 37 heavy (non-hydrogen) atoms. The molecular formula is C27H46NO8P. The maximum Gasteiger partial charge on any atom is 0.472 e. The number of allylic oxidation sites excluding steroid dienone is 8. The average molecular weight is 544 g/mol. The Morgan fingerprint density at radius 1 is 0.865 bits per heavy atom. The summed E-state index contributed by atoms with van der Waals surface area (Å²) in [5.74, 6) is -0.623. The van der Waals surface area contributed by atoms with Crippen LogP contribution < -0.4 is 5.32 Å². The van der Waals surface area contributed by atoms with Gasteiger partial charge in [0, 0.05) is 19.4 Å². The van der Waals surface area contributed by atoms with Gasteiger partial charge in [-0.3, -0.25) is 18.6 Å². The number of phosphoric ester groups is 1. The van der Waals surface area contributed by atoms with Gasteiger partial charge in [0.2, 0.25) is 5.91 Å². The van der Waals surface area contributed by atoms with E-state index in [-0.39, 0.29) is 32.1 Å². The van der Waals surface area contributed by atoms with Crippen LogP contribution in [0, 0.1) is 0 Å². The third-order valence-electron chi connectivity index (χ3n) is 4.74. The molecule has 0 fully saturated rings. The van der Waals surface area contributed by atoms with Crippen molar-refractivity contribution >= 4 is 19.7 Å². The lowest BCUT2D eigenvalue weighted by molar-refractivity contribution is -0.147. The molecule has 2 atom stereocenters. The molecule has 0 bridgehead atoms. The lowest BCUT2D eigenvalue weighted by Gasteiger charge is -2.15. The molecule has 212 valence electrons. The number of nitrogens with one attached hydrogen (secondary N) is 1. The number of carbonyl (C=O) groups is 2. The van der Waals surface area contributed by atoms with Crippen LogP contribution in [0.2, 0.25) is 0 Å². The molecule has 0 aliphatic rings. The molecule has 0 radical (unpaired) electrons. The molecule has 3 N–H and O–H groups in total. The molecule has 0 heterocycles. The van der Waals surface area contributed by atoms with Gasteiger partial charge in [0.1, 0.15) is 12.7 Å². The Morgan fingerprint density at radius 2 is 1.49 bits per heavy atom. The standard InChI is InChI=1S/C27H46NO8P/c1-3-5-6-7-8-9-10-11-12-13-14-15-16-17-18-20-27(31)34-23-25(29)24-36-37(32,33)35-22-21-28-26(30)19-4-2/h5-6,8-9,11-12,14-15,25,29H,3-4,7,10,13,16-24H2,1-2H3,(H,28,30)(H,32,33)/b6-5-,9-8-,12-11-,15-14-. The third-order valence-corrected chi connectivity index (χ3v) is 5.73. The Bertz CT molecular complexity index is 764. The van der Waals surface area contributed by atoms with Crippen LogP contribution >= 0.6 is 7.82 Å². The fourth-order valence-corrected chi connectivity index (χ4v) is 3.58. The van der Waals surface area contributed by atoms with E-state index in [1.54, 1.807) is 0 Å². The number of hydrogen-bond acceptors (Lipinski definition) is 7. The van der Waals surface area contributed by atoms with Crippen molar-refractivity contribution in [1.29, 1.82) is 0 Å². The normalized spacial score (nSPS) is 14.6. The van der Waals surface area contributed by atoms with Crippen LogP contribution in [0.5, 0.6) is 0 Å². The first-order chi connectivity index (χ1) is 17.8. The van der Waals surface area contributed by atoms with E-state index < -0.39 is 26.5 Å². The van der Waals surface area contributed by atoms with E-state index in [0.717, 1.165) is 38.5 Å². The lowest BCUT2D eigenvalue weighted by atomic mass is 10.2. The van der Waals surface area contributed by atoms with Crippen molar-refractivity contribution in [2.75, 3.05) is 26.4 Å². The molecule has 10 heteroatoms. The van der Waals surface area contributed by atoms with Crippen LogP contribution in [0.4, 0.5) is 0 Å². The fraction of sp³-hybridized carbons (Fsp3) is 0.630. The highest BCUT2D eigenvalue weighted by atomic mass is 31.2. The summed E-state index contributed by atoms with van der Waals surface area (Å²) in [6.45, 7) is 2.96. The molecule has 9 nitrogen and oxygen atoms in total. The monoisotopic (exact) mass is 543 g/mol. The van der Waals surface area contributed by atoms with E-state index in [0.29, 0.717) is 19.3 Å². The molecule has 0 aromatic rings. The molecule has 0 aromatic heterocycles. The lowest BCUT2D eigenvalue weighted by Crippen LogP contribution is -2.27. The number of aliphatic hydroxyl groups excluding tert-OH is 1. The Kier molecular flexibility index (Phi) is 23.0. The quantitative estimate of drug-likeness (QED) is 0.0684. The molecule has 0 rings (SSSR count). The van der Waals surface area contributed by atoms with Gasteiger partial charge in [0.05, 0.1) is 13.2 Å². The SMILES string of the molecule is CC/C=C\C/C=C\C/C=C\C/C=C\CCCCC(=O)OCC(O)COP(=O)(O)OCCNC(=O)CCC. The second-order valence-electron chi connectivity index (χ2n) is 8.28. The number of phosphoric acid groups is 1.